The molecule has 2 amide bonds. The number of carbonyl (C=O) groups excluding carboxylic acids is 4. The van der Waals surface area contributed by atoms with Gasteiger partial charge in [-0.25, -0.2) is 9.78 Å². The van der Waals surface area contributed by atoms with Gasteiger partial charge in [0, 0.05) is 19.0 Å². The summed E-state index contributed by atoms with van der Waals surface area (Å²) < 4.78 is 11.3. The first-order valence-electron chi connectivity index (χ1n) is 13.1. The molecular formula is C29H37N3O6. The largest absolute Gasteiger partial charge is 0.460 e. The first-order chi connectivity index (χ1) is 18.2. The van der Waals surface area contributed by atoms with E-state index in [1.165, 1.54) is 23.3 Å². The summed E-state index contributed by atoms with van der Waals surface area (Å²) in [7, 11) is 0. The van der Waals surface area contributed by atoms with Crippen molar-refractivity contribution >= 4 is 23.6 Å². The van der Waals surface area contributed by atoms with Crippen molar-refractivity contribution in [1.82, 2.24) is 15.2 Å². The molecule has 4 atom stereocenters. The number of oxazole rings is 1. The quantitative estimate of drug-likeness (QED) is 0.441. The van der Waals surface area contributed by atoms with Gasteiger partial charge in [-0.15, -0.1) is 0 Å². The van der Waals surface area contributed by atoms with Gasteiger partial charge < -0.3 is 19.4 Å². The summed E-state index contributed by atoms with van der Waals surface area (Å²) in [6.07, 6.45) is 15.6. The Morgan fingerprint density at radius 1 is 1.05 bits per heavy atom. The third-order valence-corrected chi connectivity index (χ3v) is 6.50. The first-order valence-corrected chi connectivity index (χ1v) is 13.1. The Kier molecular flexibility index (Phi) is 10.4. The molecule has 3 rings (SSSR count). The summed E-state index contributed by atoms with van der Waals surface area (Å²) >= 11 is 0. The van der Waals surface area contributed by atoms with Crippen molar-refractivity contribution in [2.24, 2.45) is 17.8 Å². The second kappa shape index (κ2) is 13.7. The van der Waals surface area contributed by atoms with Crippen molar-refractivity contribution < 1.29 is 28.3 Å². The highest BCUT2D eigenvalue weighted by atomic mass is 16.5. The number of amides is 2. The van der Waals surface area contributed by atoms with Crippen LogP contribution in [0.15, 0.2) is 59.3 Å². The number of nitrogens with zero attached hydrogens (tertiary/aromatic N) is 2. The third-order valence-electron chi connectivity index (χ3n) is 6.50. The van der Waals surface area contributed by atoms with Gasteiger partial charge in [-0.3, -0.25) is 14.4 Å². The van der Waals surface area contributed by atoms with E-state index in [0.717, 1.165) is 0 Å². The second-order valence-corrected chi connectivity index (χ2v) is 10.1. The van der Waals surface area contributed by atoms with E-state index in [1.54, 1.807) is 18.2 Å². The summed E-state index contributed by atoms with van der Waals surface area (Å²) in [5.41, 5.74) is 0.0502. The lowest BCUT2D eigenvalue weighted by Gasteiger charge is -2.29. The maximum absolute atomic E-state index is 13.2. The fourth-order valence-electron chi connectivity index (χ4n) is 4.48. The number of hydrogen-bond acceptors (Lipinski definition) is 7. The highest BCUT2D eigenvalue weighted by Crippen LogP contribution is 2.25. The molecule has 1 fully saturated rings. The van der Waals surface area contributed by atoms with Gasteiger partial charge in [0.05, 0.1) is 6.42 Å². The van der Waals surface area contributed by atoms with Gasteiger partial charge in [-0.1, -0.05) is 64.2 Å². The molecule has 2 bridgehead atoms. The molecule has 1 unspecified atom stereocenters. The number of ketones is 1. The normalized spacial score (nSPS) is 29.7. The Morgan fingerprint density at radius 2 is 1.84 bits per heavy atom. The summed E-state index contributed by atoms with van der Waals surface area (Å²) in [6, 6.07) is -0.737. The summed E-state index contributed by atoms with van der Waals surface area (Å²) in [4.78, 5) is 56.5. The van der Waals surface area contributed by atoms with Gasteiger partial charge in [0.2, 0.25) is 11.8 Å². The average molecular weight is 524 g/mol. The van der Waals surface area contributed by atoms with Gasteiger partial charge in [0.15, 0.2) is 11.5 Å². The first kappa shape index (κ1) is 28.8. The summed E-state index contributed by atoms with van der Waals surface area (Å²) in [6.45, 7) is 8.54. The highest BCUT2D eigenvalue weighted by Gasteiger charge is 2.38. The molecular weight excluding hydrogens is 486 g/mol. The van der Waals surface area contributed by atoms with Crippen LogP contribution < -0.4 is 5.32 Å². The summed E-state index contributed by atoms with van der Waals surface area (Å²) in [5.74, 6) is -1.37. The number of esters is 1. The minimum absolute atomic E-state index is 0.00654. The predicted molar refractivity (Wildman–Crippen MR) is 142 cm³/mol. The van der Waals surface area contributed by atoms with Crippen molar-refractivity contribution in [3.05, 3.63) is 66.5 Å². The van der Waals surface area contributed by atoms with E-state index in [-0.39, 0.29) is 47.4 Å². The molecule has 204 valence electrons. The van der Waals surface area contributed by atoms with Gasteiger partial charge in [-0.2, -0.15) is 0 Å². The second-order valence-electron chi connectivity index (χ2n) is 10.1. The van der Waals surface area contributed by atoms with Gasteiger partial charge in [0.25, 0.3) is 5.91 Å². The Hall–Kier alpha value is -3.75. The SMILES string of the molecule is CC1/C=C\CNC(=O)/C=C/[C@@H](C)[C@@H](C(C)C)OC(=O)[C@H]2CCCN2C(=O)c2coc(n2)CC(=O)/C=C\C=C\1. The molecule has 0 saturated carbocycles. The number of cyclic esters (lactones) is 1. The lowest BCUT2D eigenvalue weighted by molar-refractivity contribution is -0.158. The molecule has 2 aliphatic heterocycles. The minimum atomic E-state index is -0.737. The number of fused-ring (bicyclic) bond motifs is 3. The smallest absolute Gasteiger partial charge is 0.329 e. The molecule has 1 aromatic heterocycles. The molecule has 38 heavy (non-hydrogen) atoms. The molecule has 9 heteroatoms. The van der Waals surface area contributed by atoms with Crippen LogP contribution in [0.1, 0.15) is 56.9 Å². The molecule has 9 nitrogen and oxygen atoms in total. The maximum atomic E-state index is 13.2. The topological polar surface area (TPSA) is 119 Å². The van der Waals surface area contributed by atoms with Crippen LogP contribution in [-0.2, 0) is 25.5 Å². The Balaban J connectivity index is 1.83. The van der Waals surface area contributed by atoms with E-state index in [0.29, 0.717) is 25.9 Å². The summed E-state index contributed by atoms with van der Waals surface area (Å²) in [5, 5.41) is 2.81. The number of aromatic nitrogens is 1. The van der Waals surface area contributed by atoms with Crippen molar-refractivity contribution in [2.75, 3.05) is 13.1 Å². The Morgan fingerprint density at radius 3 is 2.61 bits per heavy atom. The van der Waals surface area contributed by atoms with Crippen LogP contribution >= 0.6 is 0 Å². The van der Waals surface area contributed by atoms with Crippen LogP contribution in [0.4, 0.5) is 0 Å². The van der Waals surface area contributed by atoms with Crippen LogP contribution in [0.3, 0.4) is 0 Å². The van der Waals surface area contributed by atoms with Crippen molar-refractivity contribution in [2.45, 2.75) is 59.1 Å². The number of rotatable bonds is 1. The van der Waals surface area contributed by atoms with E-state index in [4.69, 9.17) is 9.15 Å². The number of carbonyl (C=O) groups is 4. The predicted octanol–water partition coefficient (Wildman–Crippen LogP) is 3.59. The van der Waals surface area contributed by atoms with Gasteiger partial charge in [0.1, 0.15) is 18.4 Å². The molecule has 0 spiro atoms. The van der Waals surface area contributed by atoms with E-state index in [2.05, 4.69) is 10.3 Å². The lowest BCUT2D eigenvalue weighted by atomic mass is 9.94. The van der Waals surface area contributed by atoms with Crippen LogP contribution in [0.25, 0.3) is 0 Å². The van der Waals surface area contributed by atoms with Crippen molar-refractivity contribution in [3.63, 3.8) is 0 Å². The van der Waals surface area contributed by atoms with Crippen molar-refractivity contribution in [1.29, 1.82) is 0 Å². The maximum Gasteiger partial charge on any atom is 0.329 e. The highest BCUT2D eigenvalue weighted by molar-refractivity contribution is 5.96. The number of allylic oxidation sites excluding steroid dienone is 5. The molecule has 1 aromatic rings. The number of nitrogens with one attached hydrogen (secondary N) is 1. The van der Waals surface area contributed by atoms with Crippen LogP contribution in [0.5, 0.6) is 0 Å². The van der Waals surface area contributed by atoms with E-state index < -0.39 is 24.0 Å². The Labute approximate surface area is 223 Å². The molecule has 0 radical (unpaired) electrons. The number of hydrogen-bond donors (Lipinski definition) is 1. The zero-order valence-electron chi connectivity index (χ0n) is 22.5. The minimum Gasteiger partial charge on any atom is -0.460 e. The van der Waals surface area contributed by atoms with E-state index >= 15 is 0 Å². The van der Waals surface area contributed by atoms with Gasteiger partial charge in [-0.05, 0) is 36.8 Å². The Bertz CT molecular complexity index is 1130. The fourth-order valence-corrected chi connectivity index (χ4v) is 4.48. The van der Waals surface area contributed by atoms with Crippen LogP contribution in [0, 0.1) is 17.8 Å². The molecule has 3 heterocycles. The molecule has 1 N–H and O–H groups in total. The molecule has 1 saturated heterocycles. The van der Waals surface area contributed by atoms with Gasteiger partial charge >= 0.3 is 5.97 Å². The van der Waals surface area contributed by atoms with Crippen LogP contribution in [0.2, 0.25) is 0 Å². The molecule has 0 aliphatic carbocycles. The average Bonchev–Trinajstić information content (AvgIpc) is 3.55. The third kappa shape index (κ3) is 8.13. The van der Waals surface area contributed by atoms with Crippen molar-refractivity contribution in [3.8, 4) is 0 Å². The fraction of sp³-hybridized carbons (Fsp3) is 0.483. The monoisotopic (exact) mass is 523 g/mol. The number of ether oxygens (including phenoxy) is 1. The molecule has 2 aliphatic rings. The lowest BCUT2D eigenvalue weighted by Crippen LogP contribution is -2.44. The molecule has 0 aromatic carbocycles. The standard InChI is InChI=1S/C29H37N3O6/c1-19(2)27-21(4)13-14-25(34)30-15-7-10-20(3)9-5-6-11-22(33)17-26-31-23(18-37-26)28(35)32-16-8-12-24(32)29(36)38-27/h5-7,9-11,13-14,18-21,24,27H,8,12,15-17H2,1-4H3,(H,30,34)/b9-5+,10-7-,11-6-,14-13+/t20?,21-,24-,27-/m1/s1. The van der Waals surface area contributed by atoms with E-state index in [1.807, 2.05) is 45.9 Å². The van der Waals surface area contributed by atoms with Crippen LogP contribution in [-0.4, -0.2) is 58.7 Å². The zero-order chi connectivity index (χ0) is 27.7. The zero-order valence-corrected chi connectivity index (χ0v) is 22.5. The van der Waals surface area contributed by atoms with E-state index in [9.17, 15) is 19.2 Å².